The van der Waals surface area contributed by atoms with E-state index < -0.39 is 6.04 Å². The van der Waals surface area contributed by atoms with Gasteiger partial charge in [0.2, 0.25) is 5.91 Å². The smallest absolute Gasteiger partial charge is 0.251 e. The molecule has 1 atom stereocenters. The van der Waals surface area contributed by atoms with Crippen LogP contribution in [0.5, 0.6) is 0 Å². The van der Waals surface area contributed by atoms with Gasteiger partial charge in [-0.05, 0) is 49.1 Å². The summed E-state index contributed by atoms with van der Waals surface area (Å²) in [7, 11) is 0. The first-order valence-electron chi connectivity index (χ1n) is 9.63. The van der Waals surface area contributed by atoms with Gasteiger partial charge in [-0.25, -0.2) is 0 Å². The number of nitrogens with two attached hydrogens (primary N) is 1. The SMILES string of the molecule is N[C@@H](Cc1ccccc1)C(=O)Nc1ccc(C(=O)NC2CCCCC2)cc1. The first-order chi connectivity index (χ1) is 13.1. The zero-order valence-corrected chi connectivity index (χ0v) is 15.5. The highest BCUT2D eigenvalue weighted by atomic mass is 16.2. The number of amides is 2. The Morgan fingerprint density at radius 2 is 1.63 bits per heavy atom. The summed E-state index contributed by atoms with van der Waals surface area (Å²) >= 11 is 0. The molecule has 2 amide bonds. The lowest BCUT2D eigenvalue weighted by Gasteiger charge is -2.22. The van der Waals surface area contributed by atoms with Crippen LogP contribution in [-0.2, 0) is 11.2 Å². The second-order valence-electron chi connectivity index (χ2n) is 7.17. The molecule has 0 radical (unpaired) electrons. The lowest BCUT2D eigenvalue weighted by Crippen LogP contribution is -2.37. The quantitative estimate of drug-likeness (QED) is 0.735. The van der Waals surface area contributed by atoms with E-state index in [4.69, 9.17) is 5.73 Å². The summed E-state index contributed by atoms with van der Waals surface area (Å²) in [6.45, 7) is 0. The first-order valence-corrected chi connectivity index (χ1v) is 9.63. The molecule has 5 heteroatoms. The van der Waals surface area contributed by atoms with Gasteiger partial charge in [0.1, 0.15) is 0 Å². The maximum atomic E-state index is 12.3. The molecule has 2 aromatic rings. The summed E-state index contributed by atoms with van der Waals surface area (Å²) in [6.07, 6.45) is 6.21. The Balaban J connectivity index is 1.52. The third-order valence-electron chi connectivity index (χ3n) is 4.99. The molecular formula is C22H27N3O2. The summed E-state index contributed by atoms with van der Waals surface area (Å²) in [5, 5.41) is 5.91. The normalized spacial score (nSPS) is 15.7. The maximum Gasteiger partial charge on any atom is 0.251 e. The van der Waals surface area contributed by atoms with E-state index in [0.717, 1.165) is 18.4 Å². The number of carbonyl (C=O) groups excluding carboxylic acids is 2. The summed E-state index contributed by atoms with van der Waals surface area (Å²) in [4.78, 5) is 24.6. The van der Waals surface area contributed by atoms with Crippen LogP contribution in [0.25, 0.3) is 0 Å². The summed E-state index contributed by atoms with van der Waals surface area (Å²) in [5.41, 5.74) is 8.27. The van der Waals surface area contributed by atoms with Crippen LogP contribution < -0.4 is 16.4 Å². The number of hydrogen-bond acceptors (Lipinski definition) is 3. The van der Waals surface area contributed by atoms with Crippen LogP contribution in [0.1, 0.15) is 48.0 Å². The molecule has 5 nitrogen and oxygen atoms in total. The molecule has 1 fully saturated rings. The fourth-order valence-electron chi connectivity index (χ4n) is 3.42. The molecule has 27 heavy (non-hydrogen) atoms. The van der Waals surface area contributed by atoms with Gasteiger partial charge in [0.05, 0.1) is 6.04 Å². The third-order valence-corrected chi connectivity index (χ3v) is 4.99. The van der Waals surface area contributed by atoms with Gasteiger partial charge in [-0.2, -0.15) is 0 Å². The van der Waals surface area contributed by atoms with Gasteiger partial charge >= 0.3 is 0 Å². The van der Waals surface area contributed by atoms with Crippen LogP contribution in [-0.4, -0.2) is 23.9 Å². The van der Waals surface area contributed by atoms with E-state index in [0.29, 0.717) is 17.7 Å². The average Bonchev–Trinajstić information content (AvgIpc) is 2.70. The topological polar surface area (TPSA) is 84.2 Å². The number of anilines is 1. The van der Waals surface area contributed by atoms with Crippen LogP contribution in [0.3, 0.4) is 0 Å². The number of carbonyl (C=O) groups is 2. The van der Waals surface area contributed by atoms with Crippen molar-refractivity contribution in [3.8, 4) is 0 Å². The lowest BCUT2D eigenvalue weighted by atomic mass is 9.95. The molecule has 0 aliphatic heterocycles. The van der Waals surface area contributed by atoms with Crippen molar-refractivity contribution >= 4 is 17.5 Å². The van der Waals surface area contributed by atoms with E-state index in [1.54, 1.807) is 24.3 Å². The van der Waals surface area contributed by atoms with Crippen molar-refractivity contribution < 1.29 is 9.59 Å². The van der Waals surface area contributed by atoms with Crippen molar-refractivity contribution in [3.05, 3.63) is 65.7 Å². The molecule has 0 unspecified atom stereocenters. The second kappa shape index (κ2) is 9.33. The van der Waals surface area contributed by atoms with Gasteiger partial charge in [-0.15, -0.1) is 0 Å². The van der Waals surface area contributed by atoms with E-state index in [9.17, 15) is 9.59 Å². The number of rotatable bonds is 6. The Bertz CT molecular complexity index is 753. The monoisotopic (exact) mass is 365 g/mol. The highest BCUT2D eigenvalue weighted by molar-refractivity contribution is 5.97. The van der Waals surface area contributed by atoms with Gasteiger partial charge in [-0.3, -0.25) is 9.59 Å². The predicted octanol–water partition coefficient (Wildman–Crippen LogP) is 3.26. The lowest BCUT2D eigenvalue weighted by molar-refractivity contribution is -0.117. The van der Waals surface area contributed by atoms with Gasteiger partial charge in [0, 0.05) is 17.3 Å². The van der Waals surface area contributed by atoms with Crippen molar-refractivity contribution in [1.29, 1.82) is 0 Å². The highest BCUT2D eigenvalue weighted by Gasteiger charge is 2.17. The first kappa shape index (κ1) is 19.1. The van der Waals surface area contributed by atoms with Crippen molar-refractivity contribution in [2.45, 2.75) is 50.6 Å². The molecule has 0 heterocycles. The molecule has 4 N–H and O–H groups in total. The minimum Gasteiger partial charge on any atom is -0.349 e. The van der Waals surface area contributed by atoms with Crippen molar-refractivity contribution in [2.24, 2.45) is 5.73 Å². The van der Waals surface area contributed by atoms with Gasteiger partial charge in [0.25, 0.3) is 5.91 Å². The summed E-state index contributed by atoms with van der Waals surface area (Å²) in [6, 6.07) is 16.3. The molecule has 142 valence electrons. The fraction of sp³-hybridized carbons (Fsp3) is 0.364. The summed E-state index contributed by atoms with van der Waals surface area (Å²) < 4.78 is 0. The van der Waals surface area contributed by atoms with Crippen LogP contribution in [0, 0.1) is 0 Å². The van der Waals surface area contributed by atoms with Crippen LogP contribution in [0.4, 0.5) is 5.69 Å². The van der Waals surface area contributed by atoms with Gasteiger partial charge < -0.3 is 16.4 Å². The molecular weight excluding hydrogens is 338 g/mol. The van der Waals surface area contributed by atoms with E-state index in [1.807, 2.05) is 30.3 Å². The minimum absolute atomic E-state index is 0.0550. The Hall–Kier alpha value is -2.66. The Kier molecular flexibility index (Phi) is 6.60. The standard InChI is InChI=1S/C22H27N3O2/c23-20(15-16-7-3-1-4-8-16)22(27)25-19-13-11-17(12-14-19)21(26)24-18-9-5-2-6-10-18/h1,3-4,7-8,11-14,18,20H,2,5-6,9-10,15,23H2,(H,24,26)(H,25,27)/t20-/m0/s1. The molecule has 0 spiro atoms. The van der Waals surface area contributed by atoms with Crippen LogP contribution >= 0.6 is 0 Å². The fourth-order valence-corrected chi connectivity index (χ4v) is 3.42. The zero-order valence-electron chi connectivity index (χ0n) is 15.5. The van der Waals surface area contributed by atoms with E-state index in [1.165, 1.54) is 19.3 Å². The van der Waals surface area contributed by atoms with E-state index in [-0.39, 0.29) is 17.9 Å². The van der Waals surface area contributed by atoms with Gasteiger partial charge in [0.15, 0.2) is 0 Å². The number of nitrogens with one attached hydrogen (secondary N) is 2. The average molecular weight is 365 g/mol. The molecule has 0 bridgehead atoms. The summed E-state index contributed by atoms with van der Waals surface area (Å²) in [5.74, 6) is -0.293. The molecule has 1 aliphatic carbocycles. The van der Waals surface area contributed by atoms with Crippen LogP contribution in [0.15, 0.2) is 54.6 Å². The highest BCUT2D eigenvalue weighted by Crippen LogP contribution is 2.18. The Labute approximate surface area is 160 Å². The molecule has 0 aromatic heterocycles. The molecule has 3 rings (SSSR count). The van der Waals surface area contributed by atoms with E-state index >= 15 is 0 Å². The number of benzene rings is 2. The van der Waals surface area contributed by atoms with E-state index in [2.05, 4.69) is 10.6 Å². The van der Waals surface area contributed by atoms with Crippen LogP contribution in [0.2, 0.25) is 0 Å². The largest absolute Gasteiger partial charge is 0.349 e. The Morgan fingerprint density at radius 3 is 2.30 bits per heavy atom. The second-order valence-corrected chi connectivity index (χ2v) is 7.17. The molecule has 2 aromatic carbocycles. The predicted molar refractivity (Wildman–Crippen MR) is 108 cm³/mol. The maximum absolute atomic E-state index is 12.3. The number of hydrogen-bond donors (Lipinski definition) is 3. The Morgan fingerprint density at radius 1 is 0.963 bits per heavy atom. The molecule has 1 saturated carbocycles. The van der Waals surface area contributed by atoms with Gasteiger partial charge in [-0.1, -0.05) is 49.6 Å². The molecule has 1 aliphatic rings. The third kappa shape index (κ3) is 5.66. The zero-order chi connectivity index (χ0) is 19.1. The van der Waals surface area contributed by atoms with Crippen molar-refractivity contribution in [3.63, 3.8) is 0 Å². The minimum atomic E-state index is -0.623. The molecule has 0 saturated heterocycles. The van der Waals surface area contributed by atoms with Crippen molar-refractivity contribution in [2.75, 3.05) is 5.32 Å². The van der Waals surface area contributed by atoms with Crippen molar-refractivity contribution in [1.82, 2.24) is 5.32 Å².